The van der Waals surface area contributed by atoms with Crippen LogP contribution in [0.2, 0.25) is 0 Å². The third-order valence-corrected chi connectivity index (χ3v) is 5.04. The second kappa shape index (κ2) is 5.69. The SMILES string of the molecule is COc1cccc2c1C(C)(CC(F)(F)c1nc3ccccc3o1)CN2C. The van der Waals surface area contributed by atoms with Crippen molar-refractivity contribution < 1.29 is 17.9 Å². The number of fused-ring (bicyclic) bond motifs is 2. The van der Waals surface area contributed by atoms with E-state index < -0.39 is 23.6 Å². The lowest BCUT2D eigenvalue weighted by Gasteiger charge is -2.29. The first-order valence-electron chi connectivity index (χ1n) is 8.46. The highest BCUT2D eigenvalue weighted by atomic mass is 19.3. The summed E-state index contributed by atoms with van der Waals surface area (Å²) in [6.07, 6.45) is -0.412. The molecule has 2 heterocycles. The largest absolute Gasteiger partial charge is 0.496 e. The average Bonchev–Trinajstić information content (AvgIpc) is 3.15. The van der Waals surface area contributed by atoms with Gasteiger partial charge in [0.15, 0.2) is 5.58 Å². The minimum absolute atomic E-state index is 0.369. The maximum atomic E-state index is 15.1. The maximum Gasteiger partial charge on any atom is 0.323 e. The van der Waals surface area contributed by atoms with Gasteiger partial charge in [0.1, 0.15) is 11.3 Å². The molecule has 6 heteroatoms. The number of alkyl halides is 2. The molecule has 0 aliphatic carbocycles. The molecular formula is C20H20F2N2O2. The average molecular weight is 358 g/mol. The summed E-state index contributed by atoms with van der Waals surface area (Å²) >= 11 is 0. The Kier molecular flexibility index (Phi) is 3.68. The van der Waals surface area contributed by atoms with Crippen molar-refractivity contribution in [1.82, 2.24) is 4.98 Å². The molecule has 0 bridgehead atoms. The zero-order valence-corrected chi connectivity index (χ0v) is 14.9. The Hall–Kier alpha value is -2.63. The van der Waals surface area contributed by atoms with Crippen molar-refractivity contribution in [3.8, 4) is 5.75 Å². The summed E-state index contributed by atoms with van der Waals surface area (Å²) in [7, 11) is 3.47. The van der Waals surface area contributed by atoms with Crippen molar-refractivity contribution >= 4 is 16.8 Å². The molecule has 0 amide bonds. The molecule has 1 atom stereocenters. The molecule has 3 aromatic rings. The van der Waals surface area contributed by atoms with Gasteiger partial charge in [0.2, 0.25) is 0 Å². The van der Waals surface area contributed by atoms with E-state index in [9.17, 15) is 0 Å². The Morgan fingerprint density at radius 1 is 1.23 bits per heavy atom. The molecule has 26 heavy (non-hydrogen) atoms. The molecule has 1 unspecified atom stereocenters. The van der Waals surface area contributed by atoms with Gasteiger partial charge in [0.05, 0.1) is 7.11 Å². The van der Waals surface area contributed by atoms with Crippen LogP contribution < -0.4 is 9.64 Å². The fraction of sp³-hybridized carbons (Fsp3) is 0.350. The fourth-order valence-electron chi connectivity index (χ4n) is 4.04. The molecular weight excluding hydrogens is 338 g/mol. The van der Waals surface area contributed by atoms with Crippen LogP contribution in [-0.4, -0.2) is 25.7 Å². The van der Waals surface area contributed by atoms with Crippen LogP contribution in [0.4, 0.5) is 14.5 Å². The Balaban J connectivity index is 1.75. The minimum Gasteiger partial charge on any atom is -0.496 e. The van der Waals surface area contributed by atoms with E-state index in [1.54, 1.807) is 31.4 Å². The van der Waals surface area contributed by atoms with Gasteiger partial charge in [0, 0.05) is 36.7 Å². The lowest BCUT2D eigenvalue weighted by Crippen LogP contribution is -2.35. The molecule has 0 saturated carbocycles. The van der Waals surface area contributed by atoms with Crippen LogP contribution in [0.3, 0.4) is 0 Å². The highest BCUT2D eigenvalue weighted by molar-refractivity contribution is 5.72. The summed E-state index contributed by atoms with van der Waals surface area (Å²) in [5.74, 6) is -3.11. The number of hydrogen-bond acceptors (Lipinski definition) is 4. The molecule has 2 aromatic carbocycles. The molecule has 0 N–H and O–H groups in total. The zero-order chi connectivity index (χ0) is 18.5. The van der Waals surface area contributed by atoms with Crippen molar-refractivity contribution in [3.63, 3.8) is 0 Å². The molecule has 1 aliphatic heterocycles. The third-order valence-electron chi connectivity index (χ3n) is 5.04. The Morgan fingerprint density at radius 2 is 2.00 bits per heavy atom. The minimum atomic E-state index is -3.20. The first kappa shape index (κ1) is 16.8. The van der Waals surface area contributed by atoms with Crippen LogP contribution in [0.25, 0.3) is 11.1 Å². The van der Waals surface area contributed by atoms with Gasteiger partial charge in [-0.1, -0.05) is 25.1 Å². The topological polar surface area (TPSA) is 38.5 Å². The van der Waals surface area contributed by atoms with E-state index in [-0.39, 0.29) is 0 Å². The molecule has 0 saturated heterocycles. The van der Waals surface area contributed by atoms with Crippen LogP contribution in [-0.2, 0) is 11.3 Å². The van der Waals surface area contributed by atoms with Gasteiger partial charge in [-0.05, 0) is 24.3 Å². The zero-order valence-electron chi connectivity index (χ0n) is 14.9. The summed E-state index contributed by atoms with van der Waals surface area (Å²) in [5, 5.41) is 0. The quantitative estimate of drug-likeness (QED) is 0.676. The van der Waals surface area contributed by atoms with Gasteiger partial charge in [0.25, 0.3) is 5.89 Å². The summed E-state index contributed by atoms with van der Waals surface area (Å²) in [6, 6.07) is 12.4. The van der Waals surface area contributed by atoms with E-state index in [0.717, 1.165) is 11.3 Å². The van der Waals surface area contributed by atoms with Gasteiger partial charge in [-0.2, -0.15) is 8.78 Å². The van der Waals surface area contributed by atoms with Gasteiger partial charge >= 0.3 is 5.92 Å². The lowest BCUT2D eigenvalue weighted by molar-refractivity contribution is -0.0544. The molecule has 0 fully saturated rings. The van der Waals surface area contributed by atoms with Crippen molar-refractivity contribution in [1.29, 1.82) is 0 Å². The molecule has 0 radical (unpaired) electrons. The van der Waals surface area contributed by atoms with E-state index in [4.69, 9.17) is 9.15 Å². The number of para-hydroxylation sites is 2. The molecule has 0 spiro atoms. The molecule has 1 aromatic heterocycles. The number of benzene rings is 2. The number of ether oxygens (including phenoxy) is 1. The van der Waals surface area contributed by atoms with E-state index in [0.29, 0.717) is 23.4 Å². The number of nitrogens with zero attached hydrogens (tertiary/aromatic N) is 2. The fourth-order valence-corrected chi connectivity index (χ4v) is 4.04. The number of hydrogen-bond donors (Lipinski definition) is 0. The van der Waals surface area contributed by atoms with Gasteiger partial charge in [-0.15, -0.1) is 0 Å². The smallest absolute Gasteiger partial charge is 0.323 e. The van der Waals surface area contributed by atoms with Gasteiger partial charge in [-0.25, -0.2) is 4.98 Å². The number of oxazole rings is 1. The second-order valence-corrected chi connectivity index (χ2v) is 7.14. The first-order chi connectivity index (χ1) is 12.3. The van der Waals surface area contributed by atoms with Gasteiger partial charge in [-0.3, -0.25) is 0 Å². The summed E-state index contributed by atoms with van der Waals surface area (Å²) in [5.41, 5.74) is 1.74. The predicted molar refractivity (Wildman–Crippen MR) is 96.1 cm³/mol. The number of aromatic nitrogens is 1. The number of anilines is 1. The number of rotatable bonds is 4. The lowest BCUT2D eigenvalue weighted by atomic mass is 9.78. The van der Waals surface area contributed by atoms with E-state index in [2.05, 4.69) is 4.98 Å². The number of likely N-dealkylation sites (N-methyl/N-ethyl adjacent to an activating group) is 1. The van der Waals surface area contributed by atoms with Crippen LogP contribution in [0.15, 0.2) is 46.9 Å². The highest BCUT2D eigenvalue weighted by Gasteiger charge is 2.50. The van der Waals surface area contributed by atoms with Crippen molar-refractivity contribution in [2.45, 2.75) is 24.7 Å². The molecule has 1 aliphatic rings. The van der Waals surface area contributed by atoms with E-state index in [1.165, 1.54) is 0 Å². The normalized spacial score (nSPS) is 19.8. The van der Waals surface area contributed by atoms with Crippen LogP contribution in [0.5, 0.6) is 5.75 Å². The first-order valence-corrected chi connectivity index (χ1v) is 8.46. The Morgan fingerprint density at radius 3 is 2.73 bits per heavy atom. The standard InChI is InChI=1S/C20H20F2N2O2/c1-19(12-24(2)14-8-6-10-16(25-3)17(14)19)11-20(21,22)18-23-13-7-4-5-9-15(13)26-18/h4-10H,11-12H2,1-3H3. The molecule has 4 nitrogen and oxygen atoms in total. The third kappa shape index (κ3) is 2.52. The number of halogens is 2. The second-order valence-electron chi connectivity index (χ2n) is 7.14. The van der Waals surface area contributed by atoms with Crippen molar-refractivity contribution in [2.75, 3.05) is 25.6 Å². The summed E-state index contributed by atoms with van der Waals surface area (Å²) in [6.45, 7) is 2.31. The Labute approximate surface area is 150 Å². The highest BCUT2D eigenvalue weighted by Crippen LogP contribution is 2.51. The Bertz CT molecular complexity index is 936. The predicted octanol–water partition coefficient (Wildman–Crippen LogP) is 4.73. The monoisotopic (exact) mass is 358 g/mol. The maximum absolute atomic E-state index is 15.1. The van der Waals surface area contributed by atoms with Crippen LogP contribution >= 0.6 is 0 Å². The summed E-state index contributed by atoms with van der Waals surface area (Å²) in [4.78, 5) is 6.00. The molecule has 136 valence electrons. The van der Waals surface area contributed by atoms with E-state index >= 15 is 8.78 Å². The molecule has 4 rings (SSSR count). The van der Waals surface area contributed by atoms with Gasteiger partial charge < -0.3 is 14.1 Å². The van der Waals surface area contributed by atoms with E-state index in [1.807, 2.05) is 37.1 Å². The summed E-state index contributed by atoms with van der Waals surface area (Å²) < 4.78 is 41.1. The van der Waals surface area contributed by atoms with Crippen LogP contribution in [0.1, 0.15) is 24.8 Å². The number of methoxy groups -OCH3 is 1. The van der Waals surface area contributed by atoms with Crippen LogP contribution in [0, 0.1) is 0 Å². The van der Waals surface area contributed by atoms with Crippen molar-refractivity contribution in [2.24, 2.45) is 0 Å². The van der Waals surface area contributed by atoms with Crippen molar-refractivity contribution in [3.05, 3.63) is 53.9 Å².